The van der Waals surface area contributed by atoms with E-state index in [9.17, 15) is 9.18 Å². The van der Waals surface area contributed by atoms with Gasteiger partial charge in [-0.2, -0.15) is 0 Å². The molecule has 1 N–H and O–H groups in total. The van der Waals surface area contributed by atoms with Gasteiger partial charge in [-0.25, -0.2) is 4.39 Å². The molecule has 0 saturated carbocycles. The van der Waals surface area contributed by atoms with E-state index in [2.05, 4.69) is 10.5 Å². The van der Waals surface area contributed by atoms with Gasteiger partial charge in [0, 0.05) is 0 Å². The maximum absolute atomic E-state index is 12.9. The van der Waals surface area contributed by atoms with Crippen LogP contribution in [-0.4, -0.2) is 25.8 Å². The molecule has 22 heavy (non-hydrogen) atoms. The number of methoxy groups -OCH3 is 1. The molecule has 0 unspecified atom stereocenters. The van der Waals surface area contributed by atoms with Crippen LogP contribution in [0.2, 0.25) is 0 Å². The molecule has 114 valence electrons. The molecule has 5 nitrogen and oxygen atoms in total. The molecule has 0 heterocycles. The summed E-state index contributed by atoms with van der Waals surface area (Å²) in [5, 5.41) is 6.27. The molecular weight excluding hydrogens is 287 g/mol. The molecule has 0 atom stereocenters. The number of hydrogen-bond donors (Lipinski definition) is 1. The standard InChI is InChI=1S/C16H15FN2O3/c1-21-15-8-3-2-7-14(15)19-16(20)11-22-18-10-12-5-4-6-13(17)9-12/h2-10H,11H2,1H3,(H,19,20)/b18-10-. The second-order valence-corrected chi connectivity index (χ2v) is 4.31. The summed E-state index contributed by atoms with van der Waals surface area (Å²) < 4.78 is 18.1. The lowest BCUT2D eigenvalue weighted by Gasteiger charge is -2.08. The second-order valence-electron chi connectivity index (χ2n) is 4.31. The summed E-state index contributed by atoms with van der Waals surface area (Å²) in [5.41, 5.74) is 1.10. The molecule has 0 spiro atoms. The van der Waals surface area contributed by atoms with Gasteiger partial charge in [0.2, 0.25) is 0 Å². The molecule has 1 amide bonds. The molecule has 0 saturated heterocycles. The predicted octanol–water partition coefficient (Wildman–Crippen LogP) is 2.82. The lowest BCUT2D eigenvalue weighted by atomic mass is 10.2. The first kappa shape index (κ1) is 15.5. The number of amides is 1. The van der Waals surface area contributed by atoms with Crippen molar-refractivity contribution in [2.24, 2.45) is 5.16 Å². The number of oxime groups is 1. The van der Waals surface area contributed by atoms with Crippen molar-refractivity contribution in [3.05, 3.63) is 59.9 Å². The average molecular weight is 302 g/mol. The number of nitrogens with zero attached hydrogens (tertiary/aromatic N) is 1. The maximum Gasteiger partial charge on any atom is 0.265 e. The van der Waals surface area contributed by atoms with Crippen LogP contribution in [0.5, 0.6) is 5.75 Å². The number of anilines is 1. The molecule has 0 aliphatic rings. The van der Waals surface area contributed by atoms with Gasteiger partial charge in [0.1, 0.15) is 11.6 Å². The number of carbonyl (C=O) groups excluding carboxylic acids is 1. The Morgan fingerprint density at radius 3 is 2.86 bits per heavy atom. The zero-order valence-corrected chi connectivity index (χ0v) is 12.0. The van der Waals surface area contributed by atoms with Crippen LogP contribution in [0, 0.1) is 5.82 Å². The van der Waals surface area contributed by atoms with Crippen LogP contribution in [0.3, 0.4) is 0 Å². The number of hydrogen-bond acceptors (Lipinski definition) is 4. The minimum absolute atomic E-state index is 0.260. The lowest BCUT2D eigenvalue weighted by Crippen LogP contribution is -2.17. The van der Waals surface area contributed by atoms with Crippen LogP contribution in [0.1, 0.15) is 5.56 Å². The van der Waals surface area contributed by atoms with E-state index in [-0.39, 0.29) is 18.3 Å². The largest absolute Gasteiger partial charge is 0.495 e. The van der Waals surface area contributed by atoms with E-state index in [1.54, 1.807) is 36.4 Å². The number of halogens is 1. The number of benzene rings is 2. The zero-order valence-electron chi connectivity index (χ0n) is 12.0. The molecule has 0 fully saturated rings. The van der Waals surface area contributed by atoms with Crippen molar-refractivity contribution in [3.63, 3.8) is 0 Å². The van der Waals surface area contributed by atoms with Gasteiger partial charge in [0.05, 0.1) is 19.0 Å². The highest BCUT2D eigenvalue weighted by atomic mass is 19.1. The van der Waals surface area contributed by atoms with Gasteiger partial charge in [-0.15, -0.1) is 0 Å². The molecule has 0 bridgehead atoms. The van der Waals surface area contributed by atoms with Gasteiger partial charge in [0.15, 0.2) is 6.61 Å². The molecule has 0 aliphatic carbocycles. The first-order chi connectivity index (χ1) is 10.7. The van der Waals surface area contributed by atoms with Crippen molar-refractivity contribution in [1.29, 1.82) is 0 Å². The fraction of sp³-hybridized carbons (Fsp3) is 0.125. The third-order valence-electron chi connectivity index (χ3n) is 2.70. The predicted molar refractivity (Wildman–Crippen MR) is 81.6 cm³/mol. The van der Waals surface area contributed by atoms with Gasteiger partial charge in [-0.05, 0) is 29.8 Å². The zero-order chi connectivity index (χ0) is 15.8. The average Bonchev–Trinajstić information content (AvgIpc) is 2.52. The van der Waals surface area contributed by atoms with Gasteiger partial charge in [0.25, 0.3) is 5.91 Å². The van der Waals surface area contributed by atoms with Gasteiger partial charge >= 0.3 is 0 Å². The summed E-state index contributed by atoms with van der Waals surface area (Å²) in [5.74, 6) is -0.183. The van der Waals surface area contributed by atoms with Crippen molar-refractivity contribution in [2.75, 3.05) is 19.0 Å². The fourth-order valence-corrected chi connectivity index (χ4v) is 1.72. The van der Waals surface area contributed by atoms with Crippen molar-refractivity contribution in [3.8, 4) is 5.75 Å². The molecule has 0 radical (unpaired) electrons. The molecule has 2 aromatic rings. The number of para-hydroxylation sites is 2. The Labute approximate surface area is 127 Å². The van der Waals surface area contributed by atoms with Crippen LogP contribution in [0.25, 0.3) is 0 Å². The van der Waals surface area contributed by atoms with Crippen molar-refractivity contribution < 1.29 is 18.8 Å². The van der Waals surface area contributed by atoms with Gasteiger partial charge in [-0.3, -0.25) is 4.79 Å². The lowest BCUT2D eigenvalue weighted by molar-refractivity contribution is -0.120. The van der Waals surface area contributed by atoms with Crippen LogP contribution in [0.4, 0.5) is 10.1 Å². The van der Waals surface area contributed by atoms with Crippen LogP contribution in [0.15, 0.2) is 53.7 Å². The van der Waals surface area contributed by atoms with E-state index in [0.717, 1.165) is 0 Å². The van der Waals surface area contributed by atoms with E-state index >= 15 is 0 Å². The Morgan fingerprint density at radius 2 is 2.09 bits per heavy atom. The highest BCUT2D eigenvalue weighted by molar-refractivity contribution is 5.93. The molecule has 2 rings (SSSR count). The molecule has 6 heteroatoms. The highest BCUT2D eigenvalue weighted by Crippen LogP contribution is 2.22. The van der Waals surface area contributed by atoms with E-state index in [1.165, 1.54) is 25.5 Å². The van der Waals surface area contributed by atoms with E-state index in [1.807, 2.05) is 0 Å². The van der Waals surface area contributed by atoms with Gasteiger partial charge < -0.3 is 14.9 Å². The maximum atomic E-state index is 12.9. The van der Waals surface area contributed by atoms with Crippen molar-refractivity contribution in [1.82, 2.24) is 0 Å². The normalized spacial score (nSPS) is 10.5. The second kappa shape index (κ2) is 7.78. The minimum atomic E-state index is -0.374. The first-order valence-corrected chi connectivity index (χ1v) is 6.53. The Balaban J connectivity index is 1.83. The quantitative estimate of drug-likeness (QED) is 0.659. The Bertz CT molecular complexity index is 674. The third-order valence-corrected chi connectivity index (χ3v) is 2.70. The van der Waals surface area contributed by atoms with Crippen molar-refractivity contribution >= 4 is 17.8 Å². The summed E-state index contributed by atoms with van der Waals surface area (Å²) in [6.45, 7) is -0.260. The summed E-state index contributed by atoms with van der Waals surface area (Å²) >= 11 is 0. The topological polar surface area (TPSA) is 59.9 Å². The Hall–Kier alpha value is -2.89. The van der Waals surface area contributed by atoms with Crippen molar-refractivity contribution in [2.45, 2.75) is 0 Å². The Morgan fingerprint density at radius 1 is 1.27 bits per heavy atom. The monoisotopic (exact) mass is 302 g/mol. The molecular formula is C16H15FN2O3. The van der Waals surface area contributed by atoms with E-state index in [4.69, 9.17) is 9.57 Å². The summed E-state index contributed by atoms with van der Waals surface area (Å²) in [6.07, 6.45) is 1.33. The number of rotatable bonds is 6. The first-order valence-electron chi connectivity index (χ1n) is 6.53. The Kier molecular flexibility index (Phi) is 5.48. The van der Waals surface area contributed by atoms with Crippen LogP contribution < -0.4 is 10.1 Å². The SMILES string of the molecule is COc1ccccc1NC(=O)CO/N=C\c1cccc(F)c1. The minimum Gasteiger partial charge on any atom is -0.495 e. The van der Waals surface area contributed by atoms with Gasteiger partial charge in [-0.1, -0.05) is 29.4 Å². The number of nitrogens with one attached hydrogen (secondary N) is 1. The van der Waals surface area contributed by atoms with E-state index < -0.39 is 0 Å². The molecule has 0 aromatic heterocycles. The third kappa shape index (κ3) is 4.59. The van der Waals surface area contributed by atoms with Crippen LogP contribution in [-0.2, 0) is 9.63 Å². The highest BCUT2D eigenvalue weighted by Gasteiger charge is 2.06. The molecule has 0 aliphatic heterocycles. The molecule has 2 aromatic carbocycles. The summed E-state index contributed by atoms with van der Waals surface area (Å²) in [4.78, 5) is 16.6. The number of ether oxygens (including phenoxy) is 1. The fourth-order valence-electron chi connectivity index (χ4n) is 1.72. The summed E-state index contributed by atoms with van der Waals surface area (Å²) in [6, 6.07) is 12.9. The summed E-state index contributed by atoms with van der Waals surface area (Å²) in [7, 11) is 1.52. The number of carbonyl (C=O) groups is 1. The van der Waals surface area contributed by atoms with E-state index in [0.29, 0.717) is 17.0 Å². The smallest absolute Gasteiger partial charge is 0.265 e. The van der Waals surface area contributed by atoms with Crippen LogP contribution >= 0.6 is 0 Å².